The fourth-order valence-electron chi connectivity index (χ4n) is 1.85. The number of hydrogen-bond donors (Lipinski definition) is 2. The predicted molar refractivity (Wildman–Crippen MR) is 77.0 cm³/mol. The van der Waals surface area contributed by atoms with Gasteiger partial charge in [-0.1, -0.05) is 0 Å². The third-order valence-corrected chi connectivity index (χ3v) is 2.95. The molecular formula is C14H13F3N4O2. The molecule has 0 aliphatic heterocycles. The number of hydrogen-bond acceptors (Lipinski definition) is 4. The SMILES string of the molecule is COc1nc(C)c(NC(=O)Nc2ccc(F)c(F)c2F)c(C)n1. The largest absolute Gasteiger partial charge is 0.467 e. The number of ether oxygens (including phenoxy) is 1. The summed E-state index contributed by atoms with van der Waals surface area (Å²) >= 11 is 0. The second kappa shape index (κ2) is 6.51. The number of halogens is 3. The van der Waals surface area contributed by atoms with Crippen molar-refractivity contribution in [1.82, 2.24) is 9.97 Å². The first-order valence-electron chi connectivity index (χ1n) is 6.44. The minimum atomic E-state index is -1.66. The number of rotatable bonds is 3. The van der Waals surface area contributed by atoms with E-state index in [0.29, 0.717) is 23.1 Å². The van der Waals surface area contributed by atoms with E-state index in [1.165, 1.54) is 7.11 Å². The van der Waals surface area contributed by atoms with Gasteiger partial charge in [-0.3, -0.25) is 0 Å². The lowest BCUT2D eigenvalue weighted by molar-refractivity contribution is 0.262. The molecule has 0 unspecified atom stereocenters. The summed E-state index contributed by atoms with van der Waals surface area (Å²) in [6.07, 6.45) is 0. The fourth-order valence-corrected chi connectivity index (χ4v) is 1.85. The summed E-state index contributed by atoms with van der Waals surface area (Å²) in [4.78, 5) is 19.9. The van der Waals surface area contributed by atoms with Crippen molar-refractivity contribution < 1.29 is 22.7 Å². The van der Waals surface area contributed by atoms with E-state index in [4.69, 9.17) is 4.74 Å². The highest BCUT2D eigenvalue weighted by atomic mass is 19.2. The number of carbonyl (C=O) groups is 1. The summed E-state index contributed by atoms with van der Waals surface area (Å²) in [6.45, 7) is 3.23. The van der Waals surface area contributed by atoms with Gasteiger partial charge in [-0.15, -0.1) is 0 Å². The maximum atomic E-state index is 13.5. The molecule has 0 spiro atoms. The van der Waals surface area contributed by atoms with Crippen molar-refractivity contribution in [2.24, 2.45) is 0 Å². The second-order valence-corrected chi connectivity index (χ2v) is 4.56. The van der Waals surface area contributed by atoms with Crippen LogP contribution in [0.1, 0.15) is 11.4 Å². The van der Waals surface area contributed by atoms with Gasteiger partial charge in [0.2, 0.25) is 0 Å². The van der Waals surface area contributed by atoms with Crippen molar-refractivity contribution in [3.05, 3.63) is 41.0 Å². The topological polar surface area (TPSA) is 76.1 Å². The number of amides is 2. The zero-order chi connectivity index (χ0) is 17.1. The molecule has 6 nitrogen and oxygen atoms in total. The molecule has 0 fully saturated rings. The first-order chi connectivity index (χ1) is 10.8. The maximum Gasteiger partial charge on any atom is 0.323 e. The lowest BCUT2D eigenvalue weighted by atomic mass is 10.2. The zero-order valence-corrected chi connectivity index (χ0v) is 12.5. The summed E-state index contributed by atoms with van der Waals surface area (Å²) in [5.41, 5.74) is 0.656. The van der Waals surface area contributed by atoms with E-state index in [0.717, 1.165) is 6.07 Å². The molecule has 0 saturated heterocycles. The first-order valence-corrected chi connectivity index (χ1v) is 6.44. The quantitative estimate of drug-likeness (QED) is 0.850. The molecule has 2 aromatic rings. The van der Waals surface area contributed by atoms with Gasteiger partial charge < -0.3 is 15.4 Å². The maximum absolute atomic E-state index is 13.5. The van der Waals surface area contributed by atoms with Crippen molar-refractivity contribution in [2.75, 3.05) is 17.7 Å². The van der Waals surface area contributed by atoms with Crippen LogP contribution in [-0.4, -0.2) is 23.1 Å². The van der Waals surface area contributed by atoms with E-state index in [2.05, 4.69) is 20.6 Å². The molecule has 122 valence electrons. The number of nitrogens with zero attached hydrogens (tertiary/aromatic N) is 2. The average Bonchev–Trinajstić information content (AvgIpc) is 2.51. The van der Waals surface area contributed by atoms with Gasteiger partial charge in [0, 0.05) is 0 Å². The number of anilines is 2. The Labute approximate surface area is 129 Å². The van der Waals surface area contributed by atoms with Crippen molar-refractivity contribution in [1.29, 1.82) is 0 Å². The molecule has 0 aliphatic carbocycles. The molecule has 0 atom stereocenters. The van der Waals surface area contributed by atoms with Crippen molar-refractivity contribution in [2.45, 2.75) is 13.8 Å². The number of methoxy groups -OCH3 is 1. The van der Waals surface area contributed by atoms with E-state index in [9.17, 15) is 18.0 Å². The van der Waals surface area contributed by atoms with Crippen LogP contribution in [0.2, 0.25) is 0 Å². The smallest absolute Gasteiger partial charge is 0.323 e. The van der Waals surface area contributed by atoms with Crippen LogP contribution in [0.15, 0.2) is 12.1 Å². The lowest BCUT2D eigenvalue weighted by Crippen LogP contribution is -2.22. The van der Waals surface area contributed by atoms with E-state index in [1.54, 1.807) is 13.8 Å². The second-order valence-electron chi connectivity index (χ2n) is 4.56. The van der Waals surface area contributed by atoms with E-state index in [1.807, 2.05) is 0 Å². The molecule has 1 aromatic heterocycles. The van der Waals surface area contributed by atoms with E-state index >= 15 is 0 Å². The van der Waals surface area contributed by atoms with Crippen LogP contribution in [0.3, 0.4) is 0 Å². The van der Waals surface area contributed by atoms with Crippen molar-refractivity contribution >= 4 is 17.4 Å². The minimum absolute atomic E-state index is 0.137. The van der Waals surface area contributed by atoms with Crippen LogP contribution in [-0.2, 0) is 0 Å². The van der Waals surface area contributed by atoms with Crippen LogP contribution < -0.4 is 15.4 Å². The van der Waals surface area contributed by atoms with E-state index < -0.39 is 29.2 Å². The summed E-state index contributed by atoms with van der Waals surface area (Å²) in [5.74, 6) is -4.49. The Morgan fingerprint density at radius 3 is 2.22 bits per heavy atom. The molecular weight excluding hydrogens is 313 g/mol. The third kappa shape index (κ3) is 3.50. The number of aromatic nitrogens is 2. The fraction of sp³-hybridized carbons (Fsp3) is 0.214. The van der Waals surface area contributed by atoms with Gasteiger partial charge in [0.15, 0.2) is 17.5 Å². The summed E-state index contributed by atoms with van der Waals surface area (Å²) in [7, 11) is 1.40. The molecule has 23 heavy (non-hydrogen) atoms. The molecule has 2 rings (SSSR count). The van der Waals surface area contributed by atoms with Gasteiger partial charge in [0.25, 0.3) is 0 Å². The van der Waals surface area contributed by atoms with Gasteiger partial charge >= 0.3 is 12.0 Å². The molecule has 2 N–H and O–H groups in total. The average molecular weight is 326 g/mol. The van der Waals surface area contributed by atoms with Gasteiger partial charge in [0.05, 0.1) is 29.9 Å². The number of benzene rings is 1. The van der Waals surface area contributed by atoms with E-state index in [-0.39, 0.29) is 6.01 Å². The molecule has 1 aromatic carbocycles. The molecule has 0 bridgehead atoms. The van der Waals surface area contributed by atoms with Crippen LogP contribution in [0, 0.1) is 31.3 Å². The summed E-state index contributed by atoms with van der Waals surface area (Å²) in [5, 5.41) is 4.52. The third-order valence-electron chi connectivity index (χ3n) is 2.95. The Bertz CT molecular complexity index is 745. The van der Waals surface area contributed by atoms with Gasteiger partial charge in [0.1, 0.15) is 0 Å². The summed E-state index contributed by atoms with van der Waals surface area (Å²) in [6, 6.07) is 0.908. The van der Waals surface area contributed by atoms with Gasteiger partial charge in [-0.25, -0.2) is 18.0 Å². The minimum Gasteiger partial charge on any atom is -0.467 e. The number of nitrogens with one attached hydrogen (secondary N) is 2. The van der Waals surface area contributed by atoms with Crippen molar-refractivity contribution in [3.63, 3.8) is 0 Å². The molecule has 1 heterocycles. The number of aryl methyl sites for hydroxylation is 2. The highest BCUT2D eigenvalue weighted by Crippen LogP contribution is 2.22. The lowest BCUT2D eigenvalue weighted by Gasteiger charge is -2.13. The Hall–Kier alpha value is -2.84. The Balaban J connectivity index is 2.19. The Morgan fingerprint density at radius 1 is 1.04 bits per heavy atom. The van der Waals surface area contributed by atoms with Crippen LogP contribution >= 0.6 is 0 Å². The standard InChI is InChI=1S/C14H13F3N4O2/c1-6-12(7(2)19-14(18-6)23-3)21-13(22)20-9-5-4-8(15)10(16)11(9)17/h4-5H,1-3H3,(H2,20,21,22). The predicted octanol–water partition coefficient (Wildman–Crippen LogP) is 3.16. The van der Waals surface area contributed by atoms with Crippen LogP contribution in [0.5, 0.6) is 6.01 Å². The molecule has 0 saturated carbocycles. The highest BCUT2D eigenvalue weighted by Gasteiger charge is 2.17. The van der Waals surface area contributed by atoms with Crippen molar-refractivity contribution in [3.8, 4) is 6.01 Å². The highest BCUT2D eigenvalue weighted by molar-refractivity contribution is 6.00. The number of carbonyl (C=O) groups excluding carboxylic acids is 1. The normalized spacial score (nSPS) is 10.3. The number of urea groups is 1. The first kappa shape index (κ1) is 16.5. The van der Waals surface area contributed by atoms with Gasteiger partial charge in [-0.2, -0.15) is 9.97 Å². The van der Waals surface area contributed by atoms with Gasteiger partial charge in [-0.05, 0) is 26.0 Å². The Morgan fingerprint density at radius 2 is 1.65 bits per heavy atom. The molecule has 0 radical (unpaired) electrons. The Kier molecular flexibility index (Phi) is 4.68. The van der Waals surface area contributed by atoms with Crippen LogP contribution in [0.25, 0.3) is 0 Å². The van der Waals surface area contributed by atoms with Crippen LogP contribution in [0.4, 0.5) is 29.3 Å². The molecule has 0 aliphatic rings. The summed E-state index contributed by atoms with van der Waals surface area (Å²) < 4.78 is 44.4. The monoisotopic (exact) mass is 326 g/mol. The zero-order valence-electron chi connectivity index (χ0n) is 12.5. The molecule has 9 heteroatoms. The molecule has 2 amide bonds.